The van der Waals surface area contributed by atoms with Crippen LogP contribution in [0.25, 0.3) is 11.0 Å². The summed E-state index contributed by atoms with van der Waals surface area (Å²) in [6.07, 6.45) is -4.99. The van der Waals surface area contributed by atoms with Crippen LogP contribution in [-0.4, -0.2) is 11.6 Å². The van der Waals surface area contributed by atoms with E-state index in [1.807, 2.05) is 0 Å². The van der Waals surface area contributed by atoms with Crippen molar-refractivity contribution in [1.82, 2.24) is 4.90 Å². The van der Waals surface area contributed by atoms with E-state index < -0.39 is 23.1 Å². The highest BCUT2D eigenvalue weighted by Gasteiger charge is 2.41. The van der Waals surface area contributed by atoms with Gasteiger partial charge in [-0.1, -0.05) is 24.3 Å². The minimum Gasteiger partial charge on any atom is -0.478 e. The Balaban J connectivity index is 1.59. The highest BCUT2D eigenvalue weighted by atomic mass is 79.9. The van der Waals surface area contributed by atoms with E-state index in [-0.39, 0.29) is 35.8 Å². The van der Waals surface area contributed by atoms with Crippen LogP contribution in [0.1, 0.15) is 16.9 Å². The molecular weight excluding hydrogens is 534 g/mol. The number of ether oxygens (including phenoxy) is 2. The van der Waals surface area contributed by atoms with Crippen molar-refractivity contribution in [3.8, 4) is 17.2 Å². The van der Waals surface area contributed by atoms with E-state index in [4.69, 9.17) is 13.9 Å². The zero-order chi connectivity index (χ0) is 24.7. The Morgan fingerprint density at radius 1 is 1.03 bits per heavy atom. The Labute approximate surface area is 204 Å². The molecule has 0 radical (unpaired) electrons. The summed E-state index contributed by atoms with van der Waals surface area (Å²) in [5.41, 5.74) is -0.0676. The third-order valence-corrected chi connectivity index (χ3v) is 6.14. The predicted octanol–water partition coefficient (Wildman–Crippen LogP) is 6.86. The monoisotopic (exact) mass is 549 g/mol. The van der Waals surface area contributed by atoms with Gasteiger partial charge in [0.25, 0.3) is 5.76 Å². The van der Waals surface area contributed by atoms with Crippen molar-refractivity contribution in [3.63, 3.8) is 0 Å². The van der Waals surface area contributed by atoms with E-state index in [0.29, 0.717) is 22.3 Å². The predicted molar refractivity (Wildman–Crippen MR) is 123 cm³/mol. The molecule has 0 amide bonds. The van der Waals surface area contributed by atoms with Crippen molar-refractivity contribution >= 4 is 26.9 Å². The van der Waals surface area contributed by atoms with E-state index in [2.05, 4.69) is 15.9 Å². The van der Waals surface area contributed by atoms with Gasteiger partial charge in [-0.3, -0.25) is 9.69 Å². The van der Waals surface area contributed by atoms with Crippen LogP contribution in [0.4, 0.5) is 17.6 Å². The topological polar surface area (TPSA) is 51.9 Å². The number of fused-ring (bicyclic) bond motifs is 3. The summed E-state index contributed by atoms with van der Waals surface area (Å²) in [7, 11) is 0. The SMILES string of the molecule is O=c1c(Oc2ccccc2Br)c(C(F)(F)F)oc2c3c(ccc12)OCN(Cc1ccc(F)cc1)C3. The quantitative estimate of drug-likeness (QED) is 0.260. The molecule has 1 aliphatic heterocycles. The first-order valence-electron chi connectivity index (χ1n) is 10.4. The summed E-state index contributed by atoms with van der Waals surface area (Å²) in [5.74, 6) is -2.49. The molecule has 180 valence electrons. The fraction of sp³-hybridized carbons (Fsp3) is 0.160. The molecule has 0 unspecified atom stereocenters. The van der Waals surface area contributed by atoms with Crippen molar-refractivity contribution < 1.29 is 31.5 Å². The number of halogens is 5. The molecule has 0 fully saturated rings. The number of alkyl halides is 3. The van der Waals surface area contributed by atoms with Gasteiger partial charge in [0.05, 0.1) is 15.4 Å². The smallest absolute Gasteiger partial charge is 0.453 e. The molecule has 0 spiro atoms. The molecule has 0 aliphatic carbocycles. The Morgan fingerprint density at radius 3 is 2.49 bits per heavy atom. The second-order valence-electron chi connectivity index (χ2n) is 7.93. The Kier molecular flexibility index (Phi) is 6.02. The van der Waals surface area contributed by atoms with Gasteiger partial charge < -0.3 is 13.9 Å². The number of rotatable bonds is 4. The van der Waals surface area contributed by atoms with Gasteiger partial charge in [-0.25, -0.2) is 4.39 Å². The second-order valence-corrected chi connectivity index (χ2v) is 8.78. The van der Waals surface area contributed by atoms with Crippen LogP contribution >= 0.6 is 15.9 Å². The fourth-order valence-electron chi connectivity index (χ4n) is 3.86. The first-order chi connectivity index (χ1) is 16.7. The summed E-state index contributed by atoms with van der Waals surface area (Å²) < 4.78 is 72.0. The first-order valence-corrected chi connectivity index (χ1v) is 11.2. The molecule has 0 saturated carbocycles. The standard InChI is InChI=1S/C25H16BrF4NO4/c26-18-3-1-2-4-20(18)34-23-21(32)16-9-10-19-17(22(16)35-24(23)25(28,29)30)12-31(13-33-19)11-14-5-7-15(27)8-6-14/h1-10H,11-13H2. The first kappa shape index (κ1) is 23.4. The zero-order valence-electron chi connectivity index (χ0n) is 17.9. The van der Waals surface area contributed by atoms with Gasteiger partial charge >= 0.3 is 6.18 Å². The summed E-state index contributed by atoms with van der Waals surface area (Å²) >= 11 is 3.21. The highest BCUT2D eigenvalue weighted by molar-refractivity contribution is 9.10. The second kappa shape index (κ2) is 9.01. The number of hydrogen-bond acceptors (Lipinski definition) is 5. The third kappa shape index (κ3) is 4.63. The molecule has 2 heterocycles. The molecule has 0 N–H and O–H groups in total. The molecule has 0 saturated heterocycles. The van der Waals surface area contributed by atoms with Crippen molar-refractivity contribution in [3.05, 3.63) is 98.1 Å². The number of para-hydroxylation sites is 1. The molecule has 0 atom stereocenters. The molecular formula is C25H16BrF4NO4. The summed E-state index contributed by atoms with van der Waals surface area (Å²) in [5, 5.41) is -0.0639. The van der Waals surface area contributed by atoms with Gasteiger partial charge in [-0.05, 0) is 57.9 Å². The van der Waals surface area contributed by atoms with Gasteiger partial charge in [0.2, 0.25) is 11.2 Å². The lowest BCUT2D eigenvalue weighted by atomic mass is 10.1. The molecule has 5 nitrogen and oxygen atoms in total. The van der Waals surface area contributed by atoms with E-state index >= 15 is 0 Å². The molecule has 1 aromatic heterocycles. The van der Waals surface area contributed by atoms with Gasteiger partial charge in [0.15, 0.2) is 0 Å². The van der Waals surface area contributed by atoms with Gasteiger partial charge in [0.1, 0.15) is 29.6 Å². The van der Waals surface area contributed by atoms with Crippen molar-refractivity contribution in [2.75, 3.05) is 6.73 Å². The summed E-state index contributed by atoms with van der Waals surface area (Å²) in [4.78, 5) is 15.0. The lowest BCUT2D eigenvalue weighted by Crippen LogP contribution is -2.32. The summed E-state index contributed by atoms with van der Waals surface area (Å²) in [6.45, 7) is 0.680. The minimum atomic E-state index is -4.99. The van der Waals surface area contributed by atoms with Crippen molar-refractivity contribution in [1.29, 1.82) is 0 Å². The maximum absolute atomic E-state index is 14.0. The average molecular weight is 550 g/mol. The molecule has 4 aromatic rings. The van der Waals surface area contributed by atoms with Gasteiger partial charge in [0, 0.05) is 13.1 Å². The fourth-order valence-corrected chi connectivity index (χ4v) is 4.23. The van der Waals surface area contributed by atoms with E-state index in [0.717, 1.165) is 5.56 Å². The number of hydrogen-bond donors (Lipinski definition) is 0. The Bertz CT molecular complexity index is 1470. The Hall–Kier alpha value is -3.37. The van der Waals surface area contributed by atoms with Crippen LogP contribution in [0.2, 0.25) is 0 Å². The number of nitrogens with zero attached hydrogens (tertiary/aromatic N) is 1. The maximum Gasteiger partial charge on any atom is 0.453 e. The van der Waals surface area contributed by atoms with Crippen LogP contribution in [0.5, 0.6) is 17.2 Å². The molecule has 0 bridgehead atoms. The lowest BCUT2D eigenvalue weighted by molar-refractivity contribution is -0.154. The molecule has 35 heavy (non-hydrogen) atoms. The third-order valence-electron chi connectivity index (χ3n) is 5.49. The average Bonchev–Trinajstić information content (AvgIpc) is 2.82. The van der Waals surface area contributed by atoms with E-state index in [1.54, 1.807) is 35.2 Å². The Morgan fingerprint density at radius 2 is 1.77 bits per heavy atom. The zero-order valence-corrected chi connectivity index (χ0v) is 19.5. The minimum absolute atomic E-state index is 0.0383. The lowest BCUT2D eigenvalue weighted by Gasteiger charge is -2.29. The van der Waals surface area contributed by atoms with Crippen LogP contribution in [-0.2, 0) is 19.3 Å². The maximum atomic E-state index is 14.0. The number of benzene rings is 3. The van der Waals surface area contributed by atoms with Crippen molar-refractivity contribution in [2.45, 2.75) is 19.3 Å². The highest BCUT2D eigenvalue weighted by Crippen LogP contribution is 2.41. The van der Waals surface area contributed by atoms with Crippen LogP contribution in [0, 0.1) is 5.82 Å². The van der Waals surface area contributed by atoms with Crippen molar-refractivity contribution in [2.24, 2.45) is 0 Å². The van der Waals surface area contributed by atoms with Crippen LogP contribution in [0.3, 0.4) is 0 Å². The van der Waals surface area contributed by atoms with Crippen LogP contribution < -0.4 is 14.9 Å². The molecule has 10 heteroatoms. The normalized spacial score (nSPS) is 14.0. The summed E-state index contributed by atoms with van der Waals surface area (Å²) in [6, 6.07) is 15.0. The molecule has 1 aliphatic rings. The van der Waals surface area contributed by atoms with E-state index in [1.165, 1.54) is 30.3 Å². The van der Waals surface area contributed by atoms with Gasteiger partial charge in [-0.2, -0.15) is 13.2 Å². The molecule has 3 aromatic carbocycles. The molecule has 5 rings (SSSR count). The van der Waals surface area contributed by atoms with Gasteiger partial charge in [-0.15, -0.1) is 0 Å². The van der Waals surface area contributed by atoms with E-state index in [9.17, 15) is 22.4 Å². The van der Waals surface area contributed by atoms with Crippen LogP contribution in [0.15, 0.2) is 74.3 Å². The largest absolute Gasteiger partial charge is 0.478 e.